The third-order valence-electron chi connectivity index (χ3n) is 7.60. The molecule has 2 aliphatic rings. The van der Waals surface area contributed by atoms with Gasteiger partial charge in [-0.3, -0.25) is 4.98 Å². The minimum Gasteiger partial charge on any atom is -0.370 e. The lowest BCUT2D eigenvalue weighted by Crippen LogP contribution is -2.33. The molecule has 0 spiro atoms. The number of aromatic nitrogens is 2. The number of pyridine rings is 1. The van der Waals surface area contributed by atoms with Gasteiger partial charge in [0, 0.05) is 47.6 Å². The number of thiocarbonyl (C=S) groups is 1. The van der Waals surface area contributed by atoms with Gasteiger partial charge in [0.1, 0.15) is 6.04 Å². The summed E-state index contributed by atoms with van der Waals surface area (Å²) in [5.41, 5.74) is 5.01. The van der Waals surface area contributed by atoms with Gasteiger partial charge in [0.05, 0.1) is 22.4 Å². The summed E-state index contributed by atoms with van der Waals surface area (Å²) < 4.78 is 2.17. The molecule has 5 nitrogen and oxygen atoms in total. The summed E-state index contributed by atoms with van der Waals surface area (Å²) in [4.78, 5) is 9.25. The van der Waals surface area contributed by atoms with Crippen molar-refractivity contribution < 1.29 is 0 Å². The van der Waals surface area contributed by atoms with Crippen LogP contribution in [0, 0.1) is 5.92 Å². The molecule has 0 aliphatic carbocycles. The third-order valence-corrected chi connectivity index (χ3v) is 8.45. The van der Waals surface area contributed by atoms with Crippen molar-refractivity contribution in [2.24, 2.45) is 5.92 Å². The van der Waals surface area contributed by atoms with Crippen molar-refractivity contribution in [3.05, 3.63) is 107 Å². The Morgan fingerprint density at radius 2 is 1.76 bits per heavy atom. The predicted molar refractivity (Wildman–Crippen MR) is 161 cm³/mol. The number of rotatable bonds is 5. The average Bonchev–Trinajstić information content (AvgIpc) is 3.54. The fourth-order valence-electron chi connectivity index (χ4n) is 5.58. The summed E-state index contributed by atoms with van der Waals surface area (Å²) in [6.45, 7) is 4.38. The molecule has 4 heterocycles. The smallest absolute Gasteiger partial charge is 0.174 e. The van der Waals surface area contributed by atoms with Crippen molar-refractivity contribution in [1.29, 1.82) is 0 Å². The van der Waals surface area contributed by atoms with Gasteiger partial charge in [-0.15, -0.1) is 0 Å². The Kier molecular flexibility index (Phi) is 7.04. The average molecular weight is 563 g/mol. The Hall–Kier alpha value is -3.06. The van der Waals surface area contributed by atoms with E-state index in [-0.39, 0.29) is 12.1 Å². The number of piperidine rings is 1. The van der Waals surface area contributed by atoms with Gasteiger partial charge in [0.25, 0.3) is 0 Å². The first-order valence-electron chi connectivity index (χ1n) is 13.0. The van der Waals surface area contributed by atoms with Gasteiger partial charge >= 0.3 is 0 Å². The summed E-state index contributed by atoms with van der Waals surface area (Å²) in [7, 11) is 0. The van der Waals surface area contributed by atoms with E-state index in [4.69, 9.17) is 35.4 Å². The fraction of sp³-hybridized carbons (Fsp3) is 0.267. The zero-order valence-electron chi connectivity index (χ0n) is 21.1. The summed E-state index contributed by atoms with van der Waals surface area (Å²) in [6.07, 6.45) is 6.25. The Morgan fingerprint density at radius 3 is 2.50 bits per heavy atom. The van der Waals surface area contributed by atoms with E-state index in [0.29, 0.717) is 10.1 Å². The van der Waals surface area contributed by atoms with Crippen molar-refractivity contribution >= 4 is 51.9 Å². The van der Waals surface area contributed by atoms with Crippen LogP contribution in [-0.4, -0.2) is 27.8 Å². The zero-order valence-corrected chi connectivity index (χ0v) is 23.4. The molecule has 2 saturated heterocycles. The largest absolute Gasteiger partial charge is 0.370 e. The van der Waals surface area contributed by atoms with Crippen LogP contribution in [0.2, 0.25) is 10.0 Å². The topological polar surface area (TPSA) is 36.3 Å². The molecule has 0 saturated carbocycles. The van der Waals surface area contributed by atoms with Gasteiger partial charge in [-0.25, -0.2) is 0 Å². The standard InChI is InChI=1S/C30H29Cl2N5S/c1-20-12-16-35(17-13-20)26-11-10-23(19-24(26)32)37-29(28(34-30(37)38)25-8-2-3-14-33-25)27-9-5-15-36(27)22-7-4-6-21(31)18-22/h2-11,14-15,18-20,28-29H,12-13,16-17H2,1H3,(H,34,38). The quantitative estimate of drug-likeness (QED) is 0.254. The molecule has 0 amide bonds. The normalized spacial score (nSPS) is 20.1. The first kappa shape index (κ1) is 25.2. The molecule has 8 heteroatoms. The SMILES string of the molecule is CC1CCN(c2ccc(N3C(=S)NC(c4ccccn4)C3c3cccn3-c3cccc(Cl)c3)cc2Cl)CC1. The van der Waals surface area contributed by atoms with Crippen molar-refractivity contribution in [3.63, 3.8) is 0 Å². The van der Waals surface area contributed by atoms with Crippen LogP contribution in [0.3, 0.4) is 0 Å². The second-order valence-corrected chi connectivity index (χ2v) is 11.3. The summed E-state index contributed by atoms with van der Waals surface area (Å²) in [6, 6.07) is 24.0. The van der Waals surface area contributed by atoms with Gasteiger partial charge in [-0.2, -0.15) is 0 Å². The predicted octanol–water partition coefficient (Wildman–Crippen LogP) is 7.59. The Bertz CT molecular complexity index is 1450. The number of nitrogens with one attached hydrogen (secondary N) is 1. The van der Waals surface area contributed by atoms with E-state index < -0.39 is 0 Å². The van der Waals surface area contributed by atoms with E-state index in [0.717, 1.165) is 52.5 Å². The lowest BCUT2D eigenvalue weighted by molar-refractivity contribution is 0.438. The molecule has 2 aromatic heterocycles. The highest BCUT2D eigenvalue weighted by molar-refractivity contribution is 7.80. The van der Waals surface area contributed by atoms with E-state index in [1.54, 1.807) is 0 Å². The maximum absolute atomic E-state index is 6.93. The lowest BCUT2D eigenvalue weighted by atomic mass is 9.98. The van der Waals surface area contributed by atoms with E-state index in [9.17, 15) is 0 Å². The minimum atomic E-state index is -0.163. The molecule has 38 heavy (non-hydrogen) atoms. The van der Waals surface area contributed by atoms with Crippen molar-refractivity contribution in [2.75, 3.05) is 22.9 Å². The first-order chi connectivity index (χ1) is 18.5. The first-order valence-corrected chi connectivity index (χ1v) is 14.1. The molecule has 4 aromatic rings. The number of hydrogen-bond donors (Lipinski definition) is 1. The number of benzene rings is 2. The highest BCUT2D eigenvalue weighted by Gasteiger charge is 2.42. The Balaban J connectivity index is 1.42. The molecule has 2 atom stereocenters. The van der Waals surface area contributed by atoms with E-state index in [1.165, 1.54) is 12.8 Å². The minimum absolute atomic E-state index is 0.154. The molecule has 0 bridgehead atoms. The molecule has 2 unspecified atom stereocenters. The molecule has 6 rings (SSSR count). The molecular weight excluding hydrogens is 533 g/mol. The Labute approximate surface area is 239 Å². The third kappa shape index (κ3) is 4.77. The molecule has 2 fully saturated rings. The van der Waals surface area contributed by atoms with Crippen molar-refractivity contribution in [2.45, 2.75) is 31.8 Å². The van der Waals surface area contributed by atoms with Crippen LogP contribution in [0.1, 0.15) is 43.2 Å². The van der Waals surface area contributed by atoms with Crippen LogP contribution in [0.4, 0.5) is 11.4 Å². The molecule has 2 aromatic carbocycles. The van der Waals surface area contributed by atoms with Gasteiger partial charge < -0.3 is 19.7 Å². The van der Waals surface area contributed by atoms with Crippen LogP contribution in [-0.2, 0) is 0 Å². The molecule has 0 radical (unpaired) electrons. The number of halogens is 2. The Morgan fingerprint density at radius 1 is 0.921 bits per heavy atom. The highest BCUT2D eigenvalue weighted by atomic mass is 35.5. The zero-order chi connectivity index (χ0) is 26.2. The van der Waals surface area contributed by atoms with Crippen LogP contribution < -0.4 is 15.1 Å². The number of hydrogen-bond acceptors (Lipinski definition) is 3. The van der Waals surface area contributed by atoms with Crippen LogP contribution >= 0.6 is 35.4 Å². The van der Waals surface area contributed by atoms with Crippen molar-refractivity contribution in [1.82, 2.24) is 14.9 Å². The van der Waals surface area contributed by atoms with Crippen LogP contribution in [0.25, 0.3) is 5.69 Å². The van der Waals surface area contributed by atoms with E-state index in [2.05, 4.69) is 68.1 Å². The van der Waals surface area contributed by atoms with Gasteiger partial charge in [0.15, 0.2) is 5.11 Å². The van der Waals surface area contributed by atoms with Crippen LogP contribution in [0.15, 0.2) is 85.2 Å². The monoisotopic (exact) mass is 561 g/mol. The highest BCUT2D eigenvalue weighted by Crippen LogP contribution is 2.44. The van der Waals surface area contributed by atoms with Gasteiger partial charge in [-0.05, 0) is 91.6 Å². The molecule has 194 valence electrons. The fourth-order valence-corrected chi connectivity index (χ4v) is 6.41. The molecule has 2 aliphatic heterocycles. The maximum atomic E-state index is 6.93. The summed E-state index contributed by atoms with van der Waals surface area (Å²) in [5, 5.41) is 5.62. The van der Waals surface area contributed by atoms with E-state index in [1.807, 2.05) is 48.7 Å². The lowest BCUT2D eigenvalue weighted by Gasteiger charge is -2.33. The van der Waals surface area contributed by atoms with Crippen LogP contribution in [0.5, 0.6) is 0 Å². The second-order valence-electron chi connectivity index (χ2n) is 10.1. The molecule has 1 N–H and O–H groups in total. The second kappa shape index (κ2) is 10.6. The van der Waals surface area contributed by atoms with Crippen molar-refractivity contribution in [3.8, 4) is 5.69 Å². The molecular formula is C30H29Cl2N5S. The number of nitrogens with zero attached hydrogens (tertiary/aromatic N) is 4. The van der Waals surface area contributed by atoms with E-state index >= 15 is 0 Å². The van der Waals surface area contributed by atoms with Gasteiger partial charge in [-0.1, -0.05) is 42.3 Å². The number of anilines is 2. The summed E-state index contributed by atoms with van der Waals surface area (Å²) >= 11 is 19.2. The summed E-state index contributed by atoms with van der Waals surface area (Å²) in [5.74, 6) is 0.761. The van der Waals surface area contributed by atoms with Gasteiger partial charge in [0.2, 0.25) is 0 Å². The maximum Gasteiger partial charge on any atom is 0.174 e.